The molecule has 0 spiro atoms. The van der Waals surface area contributed by atoms with E-state index in [2.05, 4.69) is 45.9 Å². The van der Waals surface area contributed by atoms with Crippen LogP contribution in [0.25, 0.3) is 22.3 Å². The molecule has 1 N–H and O–H groups in total. The largest absolute Gasteiger partial charge is 0.481 e. The molecule has 1 saturated heterocycles. The molecule has 212 valence electrons. The quantitative estimate of drug-likeness (QED) is 0.325. The van der Waals surface area contributed by atoms with Crippen molar-refractivity contribution in [3.8, 4) is 17.0 Å². The highest BCUT2D eigenvalue weighted by molar-refractivity contribution is 5.78. The van der Waals surface area contributed by atoms with Gasteiger partial charge in [0, 0.05) is 69.5 Å². The number of aromatic nitrogens is 4. The summed E-state index contributed by atoms with van der Waals surface area (Å²) < 4.78 is 18.2. The number of nitrogens with zero attached hydrogens (tertiary/aromatic N) is 5. The van der Waals surface area contributed by atoms with E-state index in [4.69, 9.17) is 14.2 Å². The number of piperidine rings is 1. The maximum absolute atomic E-state index is 13.7. The van der Waals surface area contributed by atoms with E-state index in [0.717, 1.165) is 50.0 Å². The number of hydrogen-bond acceptors (Lipinski definition) is 9. The lowest BCUT2D eigenvalue weighted by molar-refractivity contribution is 0.0197. The molecule has 3 aromatic rings. The van der Waals surface area contributed by atoms with Gasteiger partial charge < -0.3 is 24.4 Å². The van der Waals surface area contributed by atoms with Crippen molar-refractivity contribution < 1.29 is 14.2 Å². The number of pyridine rings is 2. The molecule has 10 nitrogen and oxygen atoms in total. The van der Waals surface area contributed by atoms with Gasteiger partial charge in [0.25, 0.3) is 5.56 Å². The van der Waals surface area contributed by atoms with Gasteiger partial charge in [-0.05, 0) is 43.4 Å². The van der Waals surface area contributed by atoms with Gasteiger partial charge in [-0.1, -0.05) is 20.8 Å². The fraction of sp³-hybridized carbons (Fsp3) is 0.586. The van der Waals surface area contributed by atoms with Crippen LogP contribution in [0, 0.1) is 5.41 Å². The van der Waals surface area contributed by atoms with E-state index in [0.29, 0.717) is 49.2 Å². The van der Waals surface area contributed by atoms with Crippen LogP contribution >= 0.6 is 0 Å². The Hall–Kier alpha value is -3.08. The van der Waals surface area contributed by atoms with Gasteiger partial charge in [0.15, 0.2) is 11.5 Å². The summed E-state index contributed by atoms with van der Waals surface area (Å²) >= 11 is 0. The Bertz CT molecular complexity index is 1280. The van der Waals surface area contributed by atoms with Crippen LogP contribution in [0.3, 0.4) is 0 Å². The van der Waals surface area contributed by atoms with E-state index < -0.39 is 0 Å². The lowest BCUT2D eigenvalue weighted by Crippen LogP contribution is -2.45. The highest BCUT2D eigenvalue weighted by Crippen LogP contribution is 2.24. The van der Waals surface area contributed by atoms with E-state index >= 15 is 0 Å². The van der Waals surface area contributed by atoms with E-state index in [9.17, 15) is 4.79 Å². The van der Waals surface area contributed by atoms with Crippen molar-refractivity contribution in [2.45, 2.75) is 52.7 Å². The Morgan fingerprint density at radius 2 is 1.95 bits per heavy atom. The van der Waals surface area contributed by atoms with Crippen molar-refractivity contribution in [2.24, 2.45) is 5.41 Å². The third kappa shape index (κ3) is 7.52. The highest BCUT2D eigenvalue weighted by atomic mass is 16.5. The van der Waals surface area contributed by atoms with Crippen molar-refractivity contribution in [3.63, 3.8) is 0 Å². The molecule has 0 radical (unpaired) electrons. The smallest absolute Gasteiger partial charge is 0.293 e. The number of hydrogen-bond donors (Lipinski definition) is 1. The predicted molar refractivity (Wildman–Crippen MR) is 153 cm³/mol. The van der Waals surface area contributed by atoms with Gasteiger partial charge in [-0.3, -0.25) is 9.36 Å². The predicted octanol–water partition coefficient (Wildman–Crippen LogP) is 3.84. The van der Waals surface area contributed by atoms with Crippen molar-refractivity contribution >= 4 is 17.0 Å². The highest BCUT2D eigenvalue weighted by Gasteiger charge is 2.27. The molecule has 1 atom stereocenters. The molecule has 10 heteroatoms. The first kappa shape index (κ1) is 28.9. The van der Waals surface area contributed by atoms with Gasteiger partial charge in [0.05, 0.1) is 25.3 Å². The molecule has 4 heterocycles. The Morgan fingerprint density at radius 3 is 2.67 bits per heavy atom. The van der Waals surface area contributed by atoms with E-state index in [1.165, 1.54) is 0 Å². The molecule has 1 aliphatic heterocycles. The first-order chi connectivity index (χ1) is 18.8. The molecule has 0 aliphatic carbocycles. The summed E-state index contributed by atoms with van der Waals surface area (Å²) in [4.78, 5) is 29.7. The molecular formula is C29H42N6O4. The fourth-order valence-corrected chi connectivity index (χ4v) is 5.02. The van der Waals surface area contributed by atoms with E-state index in [1.54, 1.807) is 37.2 Å². The maximum atomic E-state index is 13.7. The molecule has 1 fully saturated rings. The zero-order valence-corrected chi connectivity index (χ0v) is 23.9. The summed E-state index contributed by atoms with van der Waals surface area (Å²) in [6.07, 6.45) is 6.95. The minimum Gasteiger partial charge on any atom is -0.481 e. The van der Waals surface area contributed by atoms with Crippen molar-refractivity contribution in [1.29, 1.82) is 0 Å². The summed E-state index contributed by atoms with van der Waals surface area (Å²) in [6.45, 7) is 11.5. The van der Waals surface area contributed by atoms with Crippen LogP contribution < -0.4 is 15.6 Å². The molecule has 3 aromatic heterocycles. The Balaban J connectivity index is 1.58. The van der Waals surface area contributed by atoms with Gasteiger partial charge in [-0.15, -0.1) is 0 Å². The van der Waals surface area contributed by atoms with Crippen LogP contribution in [-0.2, 0) is 16.0 Å². The van der Waals surface area contributed by atoms with E-state index in [-0.39, 0.29) is 17.1 Å². The minimum atomic E-state index is -0.178. The van der Waals surface area contributed by atoms with Crippen LogP contribution in [0.5, 0.6) is 5.88 Å². The lowest BCUT2D eigenvalue weighted by atomic mass is 9.91. The fourth-order valence-electron chi connectivity index (χ4n) is 5.02. The number of nitrogens with one attached hydrogen (secondary N) is 1. The van der Waals surface area contributed by atoms with Crippen LogP contribution in [0.1, 0.15) is 40.0 Å². The molecule has 0 aromatic carbocycles. The summed E-state index contributed by atoms with van der Waals surface area (Å²) in [5, 5.41) is 3.35. The molecule has 1 aliphatic rings. The number of likely N-dealkylation sites (tertiary alicyclic amines) is 1. The summed E-state index contributed by atoms with van der Waals surface area (Å²) in [7, 11) is 3.37. The second-order valence-electron chi connectivity index (χ2n) is 10.9. The summed E-state index contributed by atoms with van der Waals surface area (Å²) in [5.74, 6) is 0.849. The number of rotatable bonds is 13. The molecule has 0 bridgehead atoms. The van der Waals surface area contributed by atoms with Gasteiger partial charge in [0.2, 0.25) is 5.88 Å². The van der Waals surface area contributed by atoms with Crippen molar-refractivity contribution in [3.05, 3.63) is 40.9 Å². The van der Waals surface area contributed by atoms with Crippen LogP contribution in [0.2, 0.25) is 0 Å². The maximum Gasteiger partial charge on any atom is 0.293 e. The monoisotopic (exact) mass is 538 g/mol. The summed E-state index contributed by atoms with van der Waals surface area (Å²) in [5.41, 5.74) is 2.64. The Labute approximate surface area is 230 Å². The Morgan fingerprint density at radius 1 is 1.13 bits per heavy atom. The third-order valence-corrected chi connectivity index (χ3v) is 7.07. The van der Waals surface area contributed by atoms with Gasteiger partial charge in [0.1, 0.15) is 0 Å². The number of methoxy groups -OCH3 is 2. The van der Waals surface area contributed by atoms with Gasteiger partial charge in [-0.25, -0.2) is 15.0 Å². The number of ether oxygens (including phenoxy) is 3. The van der Waals surface area contributed by atoms with Crippen molar-refractivity contribution in [1.82, 2.24) is 24.4 Å². The van der Waals surface area contributed by atoms with Gasteiger partial charge in [-0.2, -0.15) is 0 Å². The first-order valence-electron chi connectivity index (χ1n) is 13.8. The molecular weight excluding hydrogens is 496 g/mol. The number of fused-ring (bicyclic) bond motifs is 1. The third-order valence-electron chi connectivity index (χ3n) is 7.07. The zero-order valence-electron chi connectivity index (χ0n) is 23.9. The molecule has 0 amide bonds. The summed E-state index contributed by atoms with van der Waals surface area (Å²) in [6, 6.07) is 5.66. The normalized spacial score (nSPS) is 16.5. The Kier molecular flexibility index (Phi) is 9.88. The van der Waals surface area contributed by atoms with E-state index in [1.807, 2.05) is 12.1 Å². The van der Waals surface area contributed by atoms with Crippen LogP contribution in [0.15, 0.2) is 35.4 Å². The molecule has 4 rings (SSSR count). The second-order valence-corrected chi connectivity index (χ2v) is 10.9. The average molecular weight is 539 g/mol. The SMILES string of the molecule is CCCOCCn1c(=O)c(NCC(C)(C)CN2CCC[C@@H](OC)C2)nc2ncc(-c3ccc(OC)nc3)cc21. The van der Waals surface area contributed by atoms with Gasteiger partial charge >= 0.3 is 0 Å². The first-order valence-corrected chi connectivity index (χ1v) is 13.8. The van der Waals surface area contributed by atoms with Crippen LogP contribution in [0.4, 0.5) is 5.82 Å². The minimum absolute atomic E-state index is 0.0770. The zero-order chi connectivity index (χ0) is 27.8. The molecule has 39 heavy (non-hydrogen) atoms. The topological polar surface area (TPSA) is 104 Å². The molecule has 0 unspecified atom stereocenters. The molecule has 0 saturated carbocycles. The number of anilines is 1. The van der Waals surface area contributed by atoms with Crippen LogP contribution in [-0.4, -0.2) is 84.1 Å². The standard InChI is InChI=1S/C29H42N6O4/c1-6-13-39-14-12-35-24-15-22(21-9-10-25(38-5)30-16-21)17-31-26(24)33-27(28(35)36)32-19-29(2,3)20-34-11-7-8-23(18-34)37-4/h9-10,15-17,23H,6-8,11-14,18-20H2,1-5H3,(H,31,32,33)/t23-/m1/s1. The lowest BCUT2D eigenvalue weighted by Gasteiger charge is -2.37. The average Bonchev–Trinajstić information content (AvgIpc) is 2.95. The second kappa shape index (κ2) is 13.3. The van der Waals surface area contributed by atoms with Crippen molar-refractivity contribution in [2.75, 3.05) is 58.9 Å².